The van der Waals surface area contributed by atoms with Crippen LogP contribution in [0.3, 0.4) is 0 Å². The van der Waals surface area contributed by atoms with E-state index < -0.39 is 40.9 Å². The molecule has 0 amide bonds. The molecule has 12 heteroatoms. The fourth-order valence-corrected chi connectivity index (χ4v) is 6.36. The molecule has 2 heterocycles. The van der Waals surface area contributed by atoms with Crippen molar-refractivity contribution < 1.29 is 23.8 Å². The Labute approximate surface area is 275 Å². The number of unbranched alkanes of at least 4 members (excludes halogenated alkanes) is 1. The number of methoxy groups -OCH3 is 1. The standard InChI is InChI=1S/C34H51BN6O5/c1-9-28-34(7,45-10-2)31(38-17-11-12-19-41-21-27(39-40-41)25-14-13-15-26(36)20-25)24(5)37-18-16-33(6,44-8)30(35)22(3)29(42)23(4)32(43)46-28/h2,13-15,20-24,28,30-31,37-38H,9,11-12,16-19,36H2,1,3-8H3/t22-,23+,24+,28+,30+,31+,33+,34+/m0/s1. The van der Waals surface area contributed by atoms with Crippen LogP contribution in [-0.4, -0.2) is 84.2 Å². The SMILES string of the molecule is [B][C@@H]1[C@@H](C)C(=O)[C@@H](C)C(=O)O[C@H](CC)[C@@](C)(OC#C)[C@H](NCCCCn2cc(-c3cccc(N)c3)nn2)[C@@H](C)NCC[C@@]1(C)OC. The number of cyclic esters (lactones) is 1. The van der Waals surface area contributed by atoms with Gasteiger partial charge in [-0.25, -0.2) is 0 Å². The Balaban J connectivity index is 1.78. The number of Topliss-reactive ketones (excluding diaryl/α,β-unsaturated/α-hetero) is 1. The van der Waals surface area contributed by atoms with Crippen LogP contribution in [0.1, 0.15) is 67.2 Å². The van der Waals surface area contributed by atoms with Crippen LogP contribution >= 0.6 is 0 Å². The largest absolute Gasteiger partial charge is 0.457 e. The first-order valence-electron chi connectivity index (χ1n) is 16.2. The summed E-state index contributed by atoms with van der Waals surface area (Å²) in [4.78, 5) is 26.8. The van der Waals surface area contributed by atoms with E-state index in [-0.39, 0.29) is 17.9 Å². The first-order valence-corrected chi connectivity index (χ1v) is 16.2. The van der Waals surface area contributed by atoms with Gasteiger partial charge in [-0.3, -0.25) is 14.3 Å². The average molecular weight is 635 g/mol. The zero-order chi connectivity index (χ0) is 34.1. The second kappa shape index (κ2) is 16.4. The number of benzene rings is 1. The van der Waals surface area contributed by atoms with Gasteiger partial charge in [-0.1, -0.05) is 37.6 Å². The van der Waals surface area contributed by atoms with Crippen molar-refractivity contribution in [2.45, 2.75) is 109 Å². The number of aromatic nitrogens is 3. The number of nitrogens with two attached hydrogens (primary N) is 1. The molecular formula is C34H51BN6O5. The highest BCUT2D eigenvalue weighted by molar-refractivity contribution is 6.15. The predicted molar refractivity (Wildman–Crippen MR) is 180 cm³/mol. The van der Waals surface area contributed by atoms with Gasteiger partial charge in [0, 0.05) is 36.9 Å². The van der Waals surface area contributed by atoms with Gasteiger partial charge in [0.25, 0.3) is 0 Å². The summed E-state index contributed by atoms with van der Waals surface area (Å²) in [6, 6.07) is 7.01. The van der Waals surface area contributed by atoms with Crippen LogP contribution in [0, 0.1) is 24.4 Å². The number of carbonyl (C=O) groups is 2. The molecule has 11 nitrogen and oxygen atoms in total. The van der Waals surface area contributed by atoms with E-state index >= 15 is 0 Å². The third kappa shape index (κ3) is 8.69. The number of rotatable bonds is 10. The third-order valence-corrected chi connectivity index (χ3v) is 9.59. The smallest absolute Gasteiger partial charge is 0.316 e. The number of carbonyl (C=O) groups excluding carboxylic acids is 2. The molecule has 1 aliphatic rings. The minimum absolute atomic E-state index is 0.168. The van der Waals surface area contributed by atoms with Crippen LogP contribution < -0.4 is 16.4 Å². The Morgan fingerprint density at radius 2 is 2.00 bits per heavy atom. The summed E-state index contributed by atoms with van der Waals surface area (Å²) in [5.41, 5.74) is 6.35. The molecule has 2 radical (unpaired) electrons. The van der Waals surface area contributed by atoms with E-state index in [0.717, 1.165) is 24.1 Å². The monoisotopic (exact) mass is 634 g/mol. The summed E-state index contributed by atoms with van der Waals surface area (Å²) in [5.74, 6) is -3.21. The first kappa shape index (κ1) is 37.1. The number of ether oxygens (including phenoxy) is 3. The van der Waals surface area contributed by atoms with Crippen molar-refractivity contribution in [2.75, 3.05) is 25.9 Å². The zero-order valence-corrected chi connectivity index (χ0v) is 28.4. The molecular weight excluding hydrogens is 583 g/mol. The van der Waals surface area contributed by atoms with Crippen molar-refractivity contribution in [3.05, 3.63) is 30.5 Å². The maximum absolute atomic E-state index is 13.4. The van der Waals surface area contributed by atoms with Crippen LogP contribution in [0.5, 0.6) is 0 Å². The fraction of sp³-hybridized carbons (Fsp3) is 0.647. The quantitative estimate of drug-likeness (QED) is 0.0887. The normalized spacial score (nSPS) is 31.4. The lowest BCUT2D eigenvalue weighted by Gasteiger charge is -2.45. The van der Waals surface area contributed by atoms with Gasteiger partial charge in [-0.15, -0.1) is 5.10 Å². The molecule has 1 fully saturated rings. The van der Waals surface area contributed by atoms with Gasteiger partial charge in [-0.2, -0.15) is 0 Å². The van der Waals surface area contributed by atoms with Gasteiger partial charge in [-0.05, 0) is 84.4 Å². The minimum Gasteiger partial charge on any atom is -0.457 e. The number of hydrogen-bond donors (Lipinski definition) is 3. The van der Waals surface area contributed by atoms with Gasteiger partial charge in [0.15, 0.2) is 5.60 Å². The number of nitrogens with one attached hydrogen (secondary N) is 2. The number of ketones is 1. The highest BCUT2D eigenvalue weighted by atomic mass is 16.6. The van der Waals surface area contributed by atoms with E-state index in [1.807, 2.05) is 62.8 Å². The number of hydrogen-bond acceptors (Lipinski definition) is 10. The lowest BCUT2D eigenvalue weighted by molar-refractivity contribution is -0.174. The molecule has 0 unspecified atom stereocenters. The van der Waals surface area contributed by atoms with Crippen molar-refractivity contribution in [1.82, 2.24) is 25.6 Å². The molecule has 8 atom stereocenters. The highest BCUT2D eigenvalue weighted by Gasteiger charge is 2.49. The lowest BCUT2D eigenvalue weighted by atomic mass is 9.63. The van der Waals surface area contributed by atoms with E-state index in [1.54, 1.807) is 21.0 Å². The Hall–Kier alpha value is -3.40. The van der Waals surface area contributed by atoms with E-state index in [1.165, 1.54) is 0 Å². The molecule has 1 aromatic heterocycles. The van der Waals surface area contributed by atoms with Gasteiger partial charge >= 0.3 is 5.97 Å². The molecule has 0 saturated carbocycles. The van der Waals surface area contributed by atoms with Crippen molar-refractivity contribution in [3.63, 3.8) is 0 Å². The predicted octanol–water partition coefficient (Wildman–Crippen LogP) is 3.54. The molecule has 0 spiro atoms. The molecule has 0 aliphatic carbocycles. The van der Waals surface area contributed by atoms with E-state index in [2.05, 4.69) is 27.1 Å². The maximum Gasteiger partial charge on any atom is 0.316 e. The fourth-order valence-electron chi connectivity index (χ4n) is 6.36. The molecule has 0 bridgehead atoms. The minimum atomic E-state index is -1.12. The van der Waals surface area contributed by atoms with Gasteiger partial charge < -0.3 is 30.6 Å². The number of nitrogen functional groups attached to an aromatic ring is 1. The first-order chi connectivity index (χ1) is 21.8. The van der Waals surface area contributed by atoms with Crippen molar-refractivity contribution in [3.8, 4) is 23.8 Å². The molecule has 1 aromatic carbocycles. The Bertz CT molecular complexity index is 1350. The summed E-state index contributed by atoms with van der Waals surface area (Å²) in [6.45, 7) is 12.9. The third-order valence-electron chi connectivity index (χ3n) is 9.59. The van der Waals surface area contributed by atoms with Crippen LogP contribution in [0.2, 0.25) is 5.82 Å². The Kier molecular flexibility index (Phi) is 13.2. The Morgan fingerprint density at radius 3 is 2.65 bits per heavy atom. The second-order valence-electron chi connectivity index (χ2n) is 12.8. The molecule has 1 saturated heterocycles. The molecule has 250 valence electrons. The van der Waals surface area contributed by atoms with Crippen molar-refractivity contribution in [1.29, 1.82) is 0 Å². The summed E-state index contributed by atoms with van der Waals surface area (Å²) < 4.78 is 19.7. The van der Waals surface area contributed by atoms with Gasteiger partial charge in [0.1, 0.15) is 29.6 Å². The Morgan fingerprint density at radius 1 is 1.26 bits per heavy atom. The molecule has 2 aromatic rings. The maximum atomic E-state index is 13.4. The van der Waals surface area contributed by atoms with E-state index in [4.69, 9.17) is 34.2 Å². The van der Waals surface area contributed by atoms with Gasteiger partial charge in [0.05, 0.1) is 25.7 Å². The number of terminal acetylenes is 1. The number of esters is 1. The summed E-state index contributed by atoms with van der Waals surface area (Å²) >= 11 is 0. The lowest BCUT2D eigenvalue weighted by Crippen LogP contribution is -2.65. The van der Waals surface area contributed by atoms with Crippen molar-refractivity contribution in [2.24, 2.45) is 11.8 Å². The van der Waals surface area contributed by atoms with Crippen molar-refractivity contribution >= 4 is 25.3 Å². The topological polar surface area (TPSA) is 143 Å². The van der Waals surface area contributed by atoms with Crippen LogP contribution in [-0.2, 0) is 30.3 Å². The number of aryl methyl sites for hydroxylation is 1. The van der Waals surface area contributed by atoms with Crippen LogP contribution in [0.15, 0.2) is 30.5 Å². The highest BCUT2D eigenvalue weighted by Crippen LogP contribution is 2.36. The second-order valence-corrected chi connectivity index (χ2v) is 12.8. The summed E-state index contributed by atoms with van der Waals surface area (Å²) in [7, 11) is 8.18. The number of nitrogens with zero attached hydrogens (tertiary/aromatic N) is 3. The molecule has 1 aliphatic heterocycles. The van der Waals surface area contributed by atoms with Gasteiger partial charge in [0.2, 0.25) is 0 Å². The summed E-state index contributed by atoms with van der Waals surface area (Å²) in [6.07, 6.45) is 11.9. The summed E-state index contributed by atoms with van der Waals surface area (Å²) in [5, 5.41) is 15.8. The molecule has 4 N–H and O–H groups in total. The van der Waals surface area contributed by atoms with Crippen LogP contribution in [0.25, 0.3) is 11.3 Å². The zero-order valence-electron chi connectivity index (χ0n) is 28.4. The molecule has 46 heavy (non-hydrogen) atoms. The molecule has 3 rings (SSSR count). The van der Waals surface area contributed by atoms with E-state index in [0.29, 0.717) is 38.2 Å². The number of anilines is 1. The van der Waals surface area contributed by atoms with E-state index in [9.17, 15) is 9.59 Å². The average Bonchev–Trinajstić information content (AvgIpc) is 3.52. The van der Waals surface area contributed by atoms with Crippen LogP contribution in [0.4, 0.5) is 5.69 Å².